The second kappa shape index (κ2) is 8.90. The van der Waals surface area contributed by atoms with Crippen molar-refractivity contribution < 1.29 is 14.2 Å². The minimum atomic E-state index is -0.584. The first-order valence-corrected chi connectivity index (χ1v) is 13.1. The van der Waals surface area contributed by atoms with Gasteiger partial charge in [-0.2, -0.15) is 5.10 Å². The summed E-state index contributed by atoms with van der Waals surface area (Å²) in [5, 5.41) is 31.3. The van der Waals surface area contributed by atoms with Crippen LogP contribution in [-0.4, -0.2) is 55.8 Å². The van der Waals surface area contributed by atoms with E-state index in [9.17, 15) is 5.11 Å². The fraction of sp³-hybridized carbons (Fsp3) is 0.500. The van der Waals surface area contributed by atoms with Crippen LogP contribution in [0.2, 0.25) is 0 Å². The van der Waals surface area contributed by atoms with Gasteiger partial charge >= 0.3 is 0 Å². The molecule has 9 heteroatoms. The van der Waals surface area contributed by atoms with Crippen LogP contribution in [0.1, 0.15) is 58.8 Å². The molecule has 37 heavy (non-hydrogen) atoms. The van der Waals surface area contributed by atoms with E-state index in [1.807, 2.05) is 6.07 Å². The quantitative estimate of drug-likeness (QED) is 0.491. The molecular weight excluding hydrogens is 471 g/mol. The summed E-state index contributed by atoms with van der Waals surface area (Å²) >= 11 is 0. The number of piperidine rings is 2. The molecule has 3 aliphatic rings. The van der Waals surface area contributed by atoms with Gasteiger partial charge in [-0.3, -0.25) is 0 Å². The first kappa shape index (κ1) is 24.0. The van der Waals surface area contributed by atoms with E-state index >= 15 is 4.39 Å². The molecule has 1 aromatic carbocycles. The number of nitrogens with one attached hydrogen (secondary N) is 1. The number of phenolic OH excluding ortho intramolecular Hbond substituents is 1. The predicted molar refractivity (Wildman–Crippen MR) is 139 cm³/mol. The summed E-state index contributed by atoms with van der Waals surface area (Å²) in [7, 11) is 1.49. The monoisotopic (exact) mass is 504 g/mol. The first-order chi connectivity index (χ1) is 17.8. The number of methoxy groups -OCH3 is 1. The molecule has 194 valence electrons. The highest BCUT2D eigenvalue weighted by Gasteiger charge is 2.49. The second-order valence-electron chi connectivity index (χ2n) is 11.4. The Morgan fingerprint density at radius 3 is 2.38 bits per heavy atom. The van der Waals surface area contributed by atoms with Crippen molar-refractivity contribution in [2.75, 3.05) is 12.0 Å². The van der Waals surface area contributed by atoms with Gasteiger partial charge < -0.3 is 20.1 Å². The van der Waals surface area contributed by atoms with Crippen molar-refractivity contribution in [1.82, 2.24) is 25.7 Å². The lowest BCUT2D eigenvalue weighted by Gasteiger charge is -2.55. The summed E-state index contributed by atoms with van der Waals surface area (Å²) < 4.78 is 20.4. The lowest BCUT2D eigenvalue weighted by molar-refractivity contribution is 0.0766. The highest BCUT2D eigenvalue weighted by atomic mass is 19.1. The van der Waals surface area contributed by atoms with Crippen molar-refractivity contribution in [2.24, 2.45) is 0 Å². The normalized spacial score (nSPS) is 27.1. The molecule has 1 aliphatic carbocycles. The molecule has 2 bridgehead atoms. The minimum absolute atomic E-state index is 0.0335. The molecule has 2 aromatic heterocycles. The van der Waals surface area contributed by atoms with Crippen LogP contribution in [-0.2, 0) is 0 Å². The van der Waals surface area contributed by atoms with Crippen LogP contribution in [0.3, 0.4) is 0 Å². The van der Waals surface area contributed by atoms with E-state index in [0.29, 0.717) is 34.8 Å². The molecule has 3 atom stereocenters. The Bertz CT molecular complexity index is 1280. The zero-order valence-corrected chi connectivity index (χ0v) is 21.5. The molecule has 1 saturated carbocycles. The van der Waals surface area contributed by atoms with Crippen molar-refractivity contribution in [1.29, 1.82) is 0 Å². The number of fused-ring (bicyclic) bond motifs is 2. The molecule has 6 rings (SSSR count). The minimum Gasteiger partial charge on any atom is -0.507 e. The molecule has 2 saturated heterocycles. The fourth-order valence-electron chi connectivity index (χ4n) is 6.58. The number of hydrogen-bond acceptors (Lipinski definition) is 8. The number of nitrogens with zero attached hydrogens (tertiary/aromatic N) is 5. The van der Waals surface area contributed by atoms with Gasteiger partial charge in [0.25, 0.3) is 0 Å². The third kappa shape index (κ3) is 4.61. The van der Waals surface area contributed by atoms with E-state index in [4.69, 9.17) is 4.74 Å². The topological polar surface area (TPSA) is 96.3 Å². The van der Waals surface area contributed by atoms with Gasteiger partial charge in [-0.15, -0.1) is 15.3 Å². The number of hydrogen-bond donors (Lipinski definition) is 2. The number of rotatable bonds is 6. The van der Waals surface area contributed by atoms with Crippen molar-refractivity contribution in [2.45, 2.75) is 82.0 Å². The Kier molecular flexibility index (Phi) is 5.78. The summed E-state index contributed by atoms with van der Waals surface area (Å²) in [4.78, 5) is 2.46. The van der Waals surface area contributed by atoms with Crippen molar-refractivity contribution in [3.05, 3.63) is 42.3 Å². The number of benzene rings is 1. The van der Waals surface area contributed by atoms with Crippen LogP contribution in [0.15, 0.2) is 36.5 Å². The maximum absolute atomic E-state index is 15.3. The molecular formula is C28H33FN6O2. The summed E-state index contributed by atoms with van der Waals surface area (Å²) in [5.41, 5.74) is 1.67. The van der Waals surface area contributed by atoms with Crippen LogP contribution in [0, 0.1) is 5.82 Å². The first-order valence-electron chi connectivity index (χ1n) is 13.1. The van der Waals surface area contributed by atoms with Crippen molar-refractivity contribution >= 4 is 5.82 Å². The third-order valence-corrected chi connectivity index (χ3v) is 8.18. The van der Waals surface area contributed by atoms with Gasteiger partial charge in [-0.05, 0) is 88.6 Å². The molecule has 2 aliphatic heterocycles. The molecule has 3 aromatic rings. The lowest BCUT2D eigenvalue weighted by Crippen LogP contribution is -2.67. The molecule has 2 N–H and O–H groups in total. The van der Waals surface area contributed by atoms with Gasteiger partial charge in [0.2, 0.25) is 5.88 Å². The van der Waals surface area contributed by atoms with Crippen LogP contribution in [0.5, 0.6) is 11.6 Å². The Morgan fingerprint density at radius 2 is 1.76 bits per heavy atom. The molecule has 0 spiro atoms. The molecule has 4 heterocycles. The summed E-state index contributed by atoms with van der Waals surface area (Å²) in [6.07, 6.45) is 9.62. The van der Waals surface area contributed by atoms with E-state index in [-0.39, 0.29) is 22.4 Å². The van der Waals surface area contributed by atoms with Gasteiger partial charge in [0.15, 0.2) is 5.82 Å². The van der Waals surface area contributed by atoms with Crippen molar-refractivity contribution in [3.63, 3.8) is 0 Å². The zero-order valence-electron chi connectivity index (χ0n) is 21.5. The van der Waals surface area contributed by atoms with Crippen molar-refractivity contribution in [3.8, 4) is 34.0 Å². The highest BCUT2D eigenvalue weighted by molar-refractivity contribution is 5.75. The molecule has 8 nitrogen and oxygen atoms in total. The van der Waals surface area contributed by atoms with Crippen LogP contribution in [0.4, 0.5) is 10.2 Å². The number of ether oxygens (including phenoxy) is 1. The van der Waals surface area contributed by atoms with E-state index < -0.39 is 5.82 Å². The lowest BCUT2D eigenvalue weighted by atomic mass is 9.69. The number of aromatic hydroxyl groups is 1. The summed E-state index contributed by atoms with van der Waals surface area (Å²) in [6, 6.07) is 9.04. The smallest absolute Gasteiger partial charge is 0.233 e. The average molecular weight is 505 g/mol. The maximum Gasteiger partial charge on any atom is 0.233 e. The van der Waals surface area contributed by atoms with Gasteiger partial charge in [0.1, 0.15) is 11.6 Å². The second-order valence-corrected chi connectivity index (χ2v) is 11.4. The zero-order chi connectivity index (χ0) is 25.8. The van der Waals surface area contributed by atoms with Gasteiger partial charge in [-0.25, -0.2) is 4.39 Å². The van der Waals surface area contributed by atoms with Gasteiger partial charge in [-0.1, -0.05) is 0 Å². The summed E-state index contributed by atoms with van der Waals surface area (Å²) in [6.45, 7) is 4.70. The average Bonchev–Trinajstić information content (AvgIpc) is 3.68. The Balaban J connectivity index is 1.28. The Hall–Kier alpha value is -3.33. The highest BCUT2D eigenvalue weighted by Crippen LogP contribution is 2.45. The van der Waals surface area contributed by atoms with Crippen LogP contribution in [0.25, 0.3) is 22.4 Å². The van der Waals surface area contributed by atoms with E-state index in [1.54, 1.807) is 12.1 Å². The van der Waals surface area contributed by atoms with Gasteiger partial charge in [0, 0.05) is 34.8 Å². The Morgan fingerprint density at radius 1 is 1.00 bits per heavy atom. The van der Waals surface area contributed by atoms with E-state index in [2.05, 4.69) is 44.5 Å². The van der Waals surface area contributed by atoms with Crippen LogP contribution < -0.4 is 15.0 Å². The SMILES string of the molecule is COc1cc(-c2cc(O)c(-c3ccc(N(C4CC4)[C@H]4C[C@]5(C)CCC[C@](C)(C4)N5)nn3)c(F)c2)cnn1. The van der Waals surface area contributed by atoms with Crippen LogP contribution >= 0.6 is 0 Å². The molecule has 0 amide bonds. The van der Waals surface area contributed by atoms with E-state index in [0.717, 1.165) is 31.5 Å². The Labute approximate surface area is 216 Å². The third-order valence-electron chi connectivity index (χ3n) is 8.18. The molecule has 3 fully saturated rings. The summed E-state index contributed by atoms with van der Waals surface area (Å²) in [5.74, 6) is 0.344. The van der Waals surface area contributed by atoms with E-state index in [1.165, 1.54) is 44.7 Å². The molecule has 0 radical (unpaired) electrons. The maximum atomic E-state index is 15.3. The molecule has 0 unspecified atom stereocenters. The van der Waals surface area contributed by atoms with Gasteiger partial charge in [0.05, 0.1) is 24.6 Å². The fourth-order valence-corrected chi connectivity index (χ4v) is 6.58. The number of anilines is 1. The number of aromatic nitrogens is 4. The largest absolute Gasteiger partial charge is 0.507 e. The number of phenols is 1. The predicted octanol–water partition coefficient (Wildman–Crippen LogP) is 4.88. The standard InChI is InChI=1S/C28H33FN6O2/c1-27-9-4-10-28(2,34-27)15-20(14-27)35(19-5-6-19)24-8-7-22(31-32-24)26-21(29)11-17(12-23(26)36)18-13-25(37-3)33-30-16-18/h7-8,11-13,16,19-20,34,36H,4-6,9-10,14-15H2,1-3H3/t20-,27-,28+. The number of halogens is 1.